The number of ether oxygens (including phenoxy) is 1. The van der Waals surface area contributed by atoms with Gasteiger partial charge in [-0.1, -0.05) is 6.07 Å². The van der Waals surface area contributed by atoms with Gasteiger partial charge in [-0.25, -0.2) is 4.68 Å². The van der Waals surface area contributed by atoms with Crippen LogP contribution in [0.25, 0.3) is 11.2 Å². The quantitative estimate of drug-likeness (QED) is 0.577. The lowest BCUT2D eigenvalue weighted by molar-refractivity contribution is 0.306. The molecule has 4 rings (SSSR count). The van der Waals surface area contributed by atoms with Gasteiger partial charge in [-0.2, -0.15) is 5.26 Å². The molecule has 0 N–H and O–H groups in total. The molecule has 0 fully saturated rings. The van der Waals surface area contributed by atoms with E-state index in [4.69, 9.17) is 4.74 Å². The van der Waals surface area contributed by atoms with Crippen LogP contribution in [0.1, 0.15) is 11.1 Å². The molecule has 1 aromatic carbocycles. The fraction of sp³-hybridized carbons (Fsp3) is 0.0588. The van der Waals surface area contributed by atoms with E-state index < -0.39 is 0 Å². The van der Waals surface area contributed by atoms with E-state index in [1.807, 2.05) is 59.3 Å². The Bertz CT molecular complexity index is 1010. The van der Waals surface area contributed by atoms with Crippen LogP contribution in [0, 0.1) is 11.3 Å². The topological polar surface area (TPSA) is 81.0 Å². The van der Waals surface area contributed by atoms with Gasteiger partial charge in [0.15, 0.2) is 0 Å². The molecule has 0 atom stereocenters. The Morgan fingerprint density at radius 1 is 1.12 bits per heavy atom. The molecule has 0 aliphatic carbocycles. The SMILES string of the molecule is N#Cc1c(COc2ccc(-n3cnnn3)cc2)cn2ccccc12. The van der Waals surface area contributed by atoms with Crippen molar-refractivity contribution in [2.45, 2.75) is 6.61 Å². The van der Waals surface area contributed by atoms with E-state index in [0.717, 1.165) is 16.8 Å². The second-order valence-electron chi connectivity index (χ2n) is 5.17. The molecule has 24 heavy (non-hydrogen) atoms. The number of pyridine rings is 1. The Balaban J connectivity index is 1.54. The Labute approximate surface area is 137 Å². The van der Waals surface area contributed by atoms with Crippen LogP contribution in [0.2, 0.25) is 0 Å². The molecule has 0 amide bonds. The minimum atomic E-state index is 0.328. The van der Waals surface area contributed by atoms with Crippen LogP contribution < -0.4 is 4.74 Å². The van der Waals surface area contributed by atoms with E-state index in [9.17, 15) is 5.26 Å². The Morgan fingerprint density at radius 3 is 2.75 bits per heavy atom. The molecule has 0 unspecified atom stereocenters. The molecule has 3 aromatic heterocycles. The Hall–Kier alpha value is -3.66. The molecule has 116 valence electrons. The van der Waals surface area contributed by atoms with Gasteiger partial charge in [-0.3, -0.25) is 0 Å². The van der Waals surface area contributed by atoms with Gasteiger partial charge < -0.3 is 9.14 Å². The number of hydrogen-bond donors (Lipinski definition) is 0. The number of benzene rings is 1. The monoisotopic (exact) mass is 316 g/mol. The third-order valence-electron chi connectivity index (χ3n) is 3.72. The zero-order valence-electron chi connectivity index (χ0n) is 12.6. The van der Waals surface area contributed by atoms with Gasteiger partial charge in [-0.05, 0) is 46.8 Å². The van der Waals surface area contributed by atoms with Crippen LogP contribution >= 0.6 is 0 Å². The maximum Gasteiger partial charge on any atom is 0.143 e. The van der Waals surface area contributed by atoms with E-state index >= 15 is 0 Å². The van der Waals surface area contributed by atoms with Crippen LogP contribution in [0.5, 0.6) is 5.75 Å². The first-order valence-corrected chi connectivity index (χ1v) is 7.30. The molecule has 0 aliphatic rings. The summed E-state index contributed by atoms with van der Waals surface area (Å²) < 4.78 is 9.31. The van der Waals surface area contributed by atoms with Gasteiger partial charge in [0, 0.05) is 18.0 Å². The number of aromatic nitrogens is 5. The zero-order valence-corrected chi connectivity index (χ0v) is 12.6. The highest BCUT2D eigenvalue weighted by Crippen LogP contribution is 2.21. The van der Waals surface area contributed by atoms with Gasteiger partial charge in [-0.15, -0.1) is 5.10 Å². The largest absolute Gasteiger partial charge is 0.489 e. The second-order valence-corrected chi connectivity index (χ2v) is 5.17. The molecule has 3 heterocycles. The van der Waals surface area contributed by atoms with Crippen molar-refractivity contribution in [3.8, 4) is 17.5 Å². The lowest BCUT2D eigenvalue weighted by atomic mass is 10.2. The smallest absolute Gasteiger partial charge is 0.143 e. The third-order valence-corrected chi connectivity index (χ3v) is 3.72. The molecule has 7 heteroatoms. The van der Waals surface area contributed by atoms with Crippen molar-refractivity contribution in [2.75, 3.05) is 0 Å². The van der Waals surface area contributed by atoms with Crippen LogP contribution in [-0.4, -0.2) is 24.6 Å². The standard InChI is InChI=1S/C17H12N6O/c18-9-16-13(10-22-8-2-1-3-17(16)22)11-24-15-6-4-14(5-7-15)23-12-19-20-21-23/h1-8,10,12H,11H2. The lowest BCUT2D eigenvalue weighted by Gasteiger charge is -2.06. The lowest BCUT2D eigenvalue weighted by Crippen LogP contribution is -1.98. The number of rotatable bonds is 4. The summed E-state index contributed by atoms with van der Waals surface area (Å²) in [6, 6.07) is 15.4. The third kappa shape index (κ3) is 2.46. The van der Waals surface area contributed by atoms with Crippen molar-refractivity contribution in [3.05, 3.63) is 72.3 Å². The zero-order chi connectivity index (χ0) is 16.4. The fourth-order valence-electron chi connectivity index (χ4n) is 2.55. The highest BCUT2D eigenvalue weighted by Gasteiger charge is 2.10. The van der Waals surface area contributed by atoms with Crippen molar-refractivity contribution in [1.82, 2.24) is 24.6 Å². The number of hydrogen-bond acceptors (Lipinski definition) is 5. The molecule has 0 radical (unpaired) electrons. The first-order chi connectivity index (χ1) is 11.8. The molecule has 0 aliphatic heterocycles. The van der Waals surface area contributed by atoms with E-state index in [-0.39, 0.29) is 0 Å². The van der Waals surface area contributed by atoms with Crippen molar-refractivity contribution < 1.29 is 4.74 Å². The predicted octanol–water partition coefficient (Wildman–Crippen LogP) is 2.37. The fourth-order valence-corrected chi connectivity index (χ4v) is 2.55. The van der Waals surface area contributed by atoms with Crippen LogP contribution in [0.15, 0.2) is 61.2 Å². The summed E-state index contributed by atoms with van der Waals surface area (Å²) in [6.45, 7) is 0.328. The summed E-state index contributed by atoms with van der Waals surface area (Å²) >= 11 is 0. The molecular weight excluding hydrogens is 304 g/mol. The Morgan fingerprint density at radius 2 is 2.00 bits per heavy atom. The minimum Gasteiger partial charge on any atom is -0.489 e. The highest BCUT2D eigenvalue weighted by atomic mass is 16.5. The van der Waals surface area contributed by atoms with Crippen molar-refractivity contribution in [1.29, 1.82) is 5.26 Å². The molecule has 0 saturated carbocycles. The molecule has 7 nitrogen and oxygen atoms in total. The average molecular weight is 316 g/mol. The summed E-state index contributed by atoms with van der Waals surface area (Å²) in [5, 5.41) is 20.4. The average Bonchev–Trinajstić information content (AvgIpc) is 3.27. The maximum absolute atomic E-state index is 9.40. The molecule has 4 aromatic rings. The normalized spacial score (nSPS) is 10.6. The van der Waals surface area contributed by atoms with Crippen LogP contribution in [-0.2, 0) is 6.61 Å². The summed E-state index contributed by atoms with van der Waals surface area (Å²) in [4.78, 5) is 0. The maximum atomic E-state index is 9.40. The highest BCUT2D eigenvalue weighted by molar-refractivity contribution is 5.65. The summed E-state index contributed by atoms with van der Waals surface area (Å²) in [5.74, 6) is 0.714. The molecular formula is C17H12N6O. The van der Waals surface area contributed by atoms with Gasteiger partial charge >= 0.3 is 0 Å². The van der Waals surface area contributed by atoms with Crippen LogP contribution in [0.4, 0.5) is 0 Å². The first-order valence-electron chi connectivity index (χ1n) is 7.30. The summed E-state index contributed by atoms with van der Waals surface area (Å²) in [7, 11) is 0. The van der Waals surface area contributed by atoms with Crippen molar-refractivity contribution >= 4 is 5.52 Å². The second kappa shape index (κ2) is 5.85. The number of tetrazole rings is 1. The van der Waals surface area contributed by atoms with Crippen LogP contribution in [0.3, 0.4) is 0 Å². The van der Waals surface area contributed by atoms with E-state index in [2.05, 4.69) is 21.6 Å². The van der Waals surface area contributed by atoms with E-state index in [1.54, 1.807) is 4.68 Å². The number of nitrogens with zero attached hydrogens (tertiary/aromatic N) is 6. The van der Waals surface area contributed by atoms with Crippen molar-refractivity contribution in [2.24, 2.45) is 0 Å². The van der Waals surface area contributed by atoms with E-state index in [0.29, 0.717) is 17.9 Å². The number of nitriles is 1. The van der Waals surface area contributed by atoms with Gasteiger partial charge in [0.25, 0.3) is 0 Å². The molecule has 0 saturated heterocycles. The number of fused-ring (bicyclic) bond motifs is 1. The first kappa shape index (κ1) is 14.0. The molecule has 0 bridgehead atoms. The predicted molar refractivity (Wildman–Crippen MR) is 85.6 cm³/mol. The van der Waals surface area contributed by atoms with Gasteiger partial charge in [0.1, 0.15) is 24.8 Å². The van der Waals surface area contributed by atoms with Gasteiger partial charge in [0.05, 0.1) is 16.8 Å². The van der Waals surface area contributed by atoms with Gasteiger partial charge in [0.2, 0.25) is 0 Å². The van der Waals surface area contributed by atoms with E-state index in [1.165, 1.54) is 6.33 Å². The molecule has 0 spiro atoms. The Kier molecular flexibility index (Phi) is 3.41. The minimum absolute atomic E-state index is 0.328. The summed E-state index contributed by atoms with van der Waals surface area (Å²) in [6.07, 6.45) is 5.37. The summed E-state index contributed by atoms with van der Waals surface area (Å²) in [5.41, 5.74) is 3.22. The van der Waals surface area contributed by atoms with Crippen molar-refractivity contribution in [3.63, 3.8) is 0 Å².